The van der Waals surface area contributed by atoms with Crippen molar-refractivity contribution in [1.82, 2.24) is 24.6 Å². The van der Waals surface area contributed by atoms with Crippen molar-refractivity contribution >= 4 is 35.3 Å². The Morgan fingerprint density at radius 3 is 2.62 bits per heavy atom. The number of aromatic nitrogens is 3. The molecule has 4 heterocycles. The van der Waals surface area contributed by atoms with Crippen molar-refractivity contribution in [3.8, 4) is 0 Å². The Morgan fingerprint density at radius 1 is 1.23 bits per heavy atom. The number of fused-ring (bicyclic) bond motifs is 1. The lowest BCUT2D eigenvalue weighted by atomic mass is 9.91. The van der Waals surface area contributed by atoms with E-state index in [9.17, 15) is 9.59 Å². The molecule has 1 unspecified atom stereocenters. The maximum absolute atomic E-state index is 12.7. The second kappa shape index (κ2) is 7.23. The topological polar surface area (TPSA) is 71.3 Å². The molecule has 140 valence electrons. The third kappa shape index (κ3) is 3.16. The number of hydrogen-bond donors (Lipinski definition) is 0. The van der Waals surface area contributed by atoms with Gasteiger partial charge in [-0.05, 0) is 25.0 Å². The van der Waals surface area contributed by atoms with Crippen molar-refractivity contribution in [3.05, 3.63) is 24.0 Å². The highest BCUT2D eigenvalue weighted by Crippen LogP contribution is 2.32. The molecule has 0 radical (unpaired) electrons. The molecule has 0 bridgehead atoms. The van der Waals surface area contributed by atoms with Gasteiger partial charge in [0.25, 0.3) is 0 Å². The van der Waals surface area contributed by atoms with Gasteiger partial charge in [0, 0.05) is 57.7 Å². The highest BCUT2D eigenvalue weighted by Gasteiger charge is 2.36. The first-order valence-electron chi connectivity index (χ1n) is 8.85. The summed E-state index contributed by atoms with van der Waals surface area (Å²) in [6, 6.07) is 4.02. The summed E-state index contributed by atoms with van der Waals surface area (Å²) in [6.07, 6.45) is 3.95. The average Bonchev–Trinajstić information content (AvgIpc) is 3.15. The monoisotopic (exact) mass is 377 g/mol. The van der Waals surface area contributed by atoms with Crippen molar-refractivity contribution in [2.75, 3.05) is 26.7 Å². The fourth-order valence-corrected chi connectivity index (χ4v) is 4.08. The van der Waals surface area contributed by atoms with Gasteiger partial charge < -0.3 is 9.80 Å². The Kier molecular flexibility index (Phi) is 5.18. The summed E-state index contributed by atoms with van der Waals surface area (Å²) in [5.41, 5.74) is 2.00. The molecular weight excluding hydrogens is 354 g/mol. The van der Waals surface area contributed by atoms with Crippen LogP contribution < -0.4 is 0 Å². The van der Waals surface area contributed by atoms with E-state index in [4.69, 9.17) is 0 Å². The molecule has 2 aromatic heterocycles. The lowest BCUT2D eigenvalue weighted by Gasteiger charge is -2.33. The standard InChI is InChI=1S/C18H23N5O2.ClH/c1-21-11-13(10-15(21)24)18(25)23-8-5-12(6-9-23)16-14-4-3-7-19-17(14)22(2)20-16;/h3-4,7,12-13H,5-6,8-11H2,1-2H3;1H. The van der Waals surface area contributed by atoms with Gasteiger partial charge >= 0.3 is 0 Å². The molecule has 8 heteroatoms. The highest BCUT2D eigenvalue weighted by atomic mass is 35.5. The van der Waals surface area contributed by atoms with E-state index >= 15 is 0 Å². The maximum atomic E-state index is 12.7. The van der Waals surface area contributed by atoms with E-state index in [2.05, 4.69) is 16.1 Å². The Labute approximate surface area is 158 Å². The smallest absolute Gasteiger partial charge is 0.227 e. The minimum Gasteiger partial charge on any atom is -0.345 e. The van der Waals surface area contributed by atoms with E-state index in [1.807, 2.05) is 22.7 Å². The van der Waals surface area contributed by atoms with Crippen molar-refractivity contribution in [1.29, 1.82) is 0 Å². The summed E-state index contributed by atoms with van der Waals surface area (Å²) in [5.74, 6) is 0.378. The van der Waals surface area contributed by atoms with Crippen LogP contribution in [0.4, 0.5) is 0 Å². The summed E-state index contributed by atoms with van der Waals surface area (Å²) >= 11 is 0. The van der Waals surface area contributed by atoms with E-state index in [0.29, 0.717) is 18.9 Å². The fraction of sp³-hybridized carbons (Fsp3) is 0.556. The molecule has 0 aliphatic carbocycles. The number of carbonyl (C=O) groups is 2. The zero-order valence-electron chi connectivity index (χ0n) is 15.1. The van der Waals surface area contributed by atoms with Crippen molar-refractivity contribution in [3.63, 3.8) is 0 Å². The van der Waals surface area contributed by atoms with E-state index in [1.165, 1.54) is 0 Å². The number of rotatable bonds is 2. The van der Waals surface area contributed by atoms with Gasteiger partial charge in [-0.3, -0.25) is 14.3 Å². The SMILES string of the molecule is CN1CC(C(=O)N2CCC(c3nn(C)c4ncccc34)CC2)CC1=O.Cl. The molecule has 2 aromatic rings. The fourth-order valence-electron chi connectivity index (χ4n) is 4.08. The summed E-state index contributed by atoms with van der Waals surface area (Å²) < 4.78 is 1.84. The van der Waals surface area contributed by atoms with Gasteiger partial charge in [-0.1, -0.05) is 0 Å². The average molecular weight is 378 g/mol. The zero-order chi connectivity index (χ0) is 17.6. The normalized spacial score (nSPS) is 21.3. The summed E-state index contributed by atoms with van der Waals surface area (Å²) in [7, 11) is 3.69. The molecule has 0 saturated carbocycles. The molecule has 7 nitrogen and oxygen atoms in total. The maximum Gasteiger partial charge on any atom is 0.227 e. The highest BCUT2D eigenvalue weighted by molar-refractivity contribution is 5.89. The Bertz CT molecular complexity index is 828. The van der Waals surface area contributed by atoms with E-state index in [0.717, 1.165) is 42.7 Å². The zero-order valence-corrected chi connectivity index (χ0v) is 15.9. The van der Waals surface area contributed by atoms with Crippen LogP contribution in [0.1, 0.15) is 30.9 Å². The molecule has 2 fully saturated rings. The predicted octanol–water partition coefficient (Wildman–Crippen LogP) is 1.57. The number of carbonyl (C=O) groups excluding carboxylic acids is 2. The van der Waals surface area contributed by atoms with Crippen molar-refractivity contribution in [2.45, 2.75) is 25.2 Å². The second-order valence-corrected chi connectivity index (χ2v) is 7.16. The number of pyridine rings is 1. The molecule has 1 atom stereocenters. The Hall–Kier alpha value is -2.15. The first-order chi connectivity index (χ1) is 12.0. The van der Waals surface area contributed by atoms with Crippen LogP contribution in [0.5, 0.6) is 0 Å². The van der Waals surface area contributed by atoms with Gasteiger partial charge in [0.1, 0.15) is 0 Å². The number of nitrogens with zero attached hydrogens (tertiary/aromatic N) is 5. The second-order valence-electron chi connectivity index (χ2n) is 7.16. The number of piperidine rings is 1. The first kappa shape index (κ1) is 18.6. The van der Waals surface area contributed by atoms with Gasteiger partial charge in [0.15, 0.2) is 5.65 Å². The minimum atomic E-state index is -0.172. The number of amides is 2. The van der Waals surface area contributed by atoms with Gasteiger partial charge in [0.05, 0.1) is 11.6 Å². The van der Waals surface area contributed by atoms with Crippen LogP contribution in [0.25, 0.3) is 11.0 Å². The lowest BCUT2D eigenvalue weighted by Crippen LogP contribution is -2.42. The summed E-state index contributed by atoms with van der Waals surface area (Å²) in [4.78, 5) is 32.3. The van der Waals surface area contributed by atoms with Crippen LogP contribution >= 0.6 is 12.4 Å². The van der Waals surface area contributed by atoms with Gasteiger partial charge in [-0.25, -0.2) is 4.98 Å². The van der Waals surface area contributed by atoms with E-state index in [1.54, 1.807) is 18.1 Å². The number of halogens is 1. The summed E-state index contributed by atoms with van der Waals surface area (Å²) in [5, 5.41) is 5.79. The first-order valence-corrected chi connectivity index (χ1v) is 8.85. The number of hydrogen-bond acceptors (Lipinski definition) is 4. The van der Waals surface area contributed by atoms with Crippen LogP contribution in [0, 0.1) is 5.92 Å². The molecule has 0 spiro atoms. The molecule has 4 rings (SSSR count). The molecule has 2 aliphatic rings. The molecular formula is C18H24ClN5O2. The van der Waals surface area contributed by atoms with Gasteiger partial charge in [-0.15, -0.1) is 12.4 Å². The third-order valence-electron chi connectivity index (χ3n) is 5.51. The molecule has 0 N–H and O–H groups in total. The largest absolute Gasteiger partial charge is 0.345 e. The van der Waals surface area contributed by atoms with E-state index in [-0.39, 0.29) is 30.1 Å². The summed E-state index contributed by atoms with van der Waals surface area (Å²) in [6.45, 7) is 2.01. The Morgan fingerprint density at radius 2 is 1.96 bits per heavy atom. The van der Waals surface area contributed by atoms with Crippen LogP contribution in [0.3, 0.4) is 0 Å². The minimum absolute atomic E-state index is 0. The van der Waals surface area contributed by atoms with Crippen molar-refractivity contribution in [2.24, 2.45) is 13.0 Å². The number of aryl methyl sites for hydroxylation is 1. The van der Waals surface area contributed by atoms with Crippen LogP contribution in [0.15, 0.2) is 18.3 Å². The molecule has 2 saturated heterocycles. The van der Waals surface area contributed by atoms with Crippen LogP contribution in [-0.4, -0.2) is 63.1 Å². The van der Waals surface area contributed by atoms with Gasteiger partial charge in [-0.2, -0.15) is 5.10 Å². The van der Waals surface area contributed by atoms with Crippen LogP contribution in [-0.2, 0) is 16.6 Å². The number of likely N-dealkylation sites (tertiary alicyclic amines) is 2. The molecule has 2 amide bonds. The predicted molar refractivity (Wildman–Crippen MR) is 100 cm³/mol. The third-order valence-corrected chi connectivity index (χ3v) is 5.51. The quantitative estimate of drug-likeness (QED) is 0.796. The van der Waals surface area contributed by atoms with E-state index < -0.39 is 0 Å². The van der Waals surface area contributed by atoms with Crippen LogP contribution in [0.2, 0.25) is 0 Å². The van der Waals surface area contributed by atoms with Gasteiger partial charge in [0.2, 0.25) is 11.8 Å². The Balaban J connectivity index is 0.00000196. The van der Waals surface area contributed by atoms with Crippen molar-refractivity contribution < 1.29 is 9.59 Å². The lowest BCUT2D eigenvalue weighted by molar-refractivity contribution is -0.136. The molecule has 26 heavy (non-hydrogen) atoms. The molecule has 2 aliphatic heterocycles. The molecule has 0 aromatic carbocycles.